The van der Waals surface area contributed by atoms with E-state index in [2.05, 4.69) is 22.3 Å². The molecule has 0 unspecified atom stereocenters. The van der Waals surface area contributed by atoms with Crippen molar-refractivity contribution in [2.24, 2.45) is 13.0 Å². The van der Waals surface area contributed by atoms with Crippen LogP contribution < -0.4 is 5.32 Å². The lowest BCUT2D eigenvalue weighted by Crippen LogP contribution is -2.42. The van der Waals surface area contributed by atoms with Crippen LogP contribution >= 0.6 is 0 Å². The molecule has 8 heteroatoms. The topological polar surface area (TPSA) is 88.2 Å². The Balaban J connectivity index is 1.58. The first-order valence-corrected chi connectivity index (χ1v) is 9.67. The summed E-state index contributed by atoms with van der Waals surface area (Å²) in [6.45, 7) is 8.11. The van der Waals surface area contributed by atoms with Crippen molar-refractivity contribution in [3.05, 3.63) is 29.6 Å². The molecule has 1 aliphatic rings. The minimum absolute atomic E-state index is 0.0952. The van der Waals surface area contributed by atoms with Crippen molar-refractivity contribution in [1.29, 1.82) is 0 Å². The van der Waals surface area contributed by atoms with E-state index in [0.29, 0.717) is 18.9 Å². The third-order valence-corrected chi connectivity index (χ3v) is 5.45. The predicted molar refractivity (Wildman–Crippen MR) is 103 cm³/mol. The average Bonchev–Trinajstić information content (AvgIpc) is 3.20. The van der Waals surface area contributed by atoms with E-state index in [9.17, 15) is 9.90 Å². The highest BCUT2D eigenvalue weighted by molar-refractivity contribution is 5.90. The highest BCUT2D eigenvalue weighted by Gasteiger charge is 2.30. The van der Waals surface area contributed by atoms with Crippen LogP contribution in [0.1, 0.15) is 49.5 Å². The van der Waals surface area contributed by atoms with Gasteiger partial charge in [0, 0.05) is 39.1 Å². The molecule has 2 amide bonds. The average molecular weight is 374 g/mol. The molecular formula is C19H30N6O2. The number of carbonyl (C=O) groups excluding carboxylic acids is 1. The predicted octanol–water partition coefficient (Wildman–Crippen LogP) is 2.62. The molecule has 1 saturated heterocycles. The number of piperidine rings is 1. The number of likely N-dealkylation sites (tertiary alicyclic amines) is 1. The summed E-state index contributed by atoms with van der Waals surface area (Å²) in [5, 5.41) is 18.1. The van der Waals surface area contributed by atoms with E-state index in [1.807, 2.05) is 41.2 Å². The van der Waals surface area contributed by atoms with Crippen LogP contribution in [0.15, 0.2) is 12.4 Å². The SMILES string of the molecule is CCCn1nc(C)c(NC(=O)N2CCC([C@H](O)c3nccn3C)CC2)c1C. The maximum absolute atomic E-state index is 12.7. The molecule has 0 aliphatic carbocycles. The Labute approximate surface area is 160 Å². The number of aliphatic hydroxyl groups is 1. The fourth-order valence-electron chi connectivity index (χ4n) is 3.78. The second-order valence-electron chi connectivity index (χ2n) is 7.36. The molecule has 0 spiro atoms. The molecule has 1 aliphatic heterocycles. The largest absolute Gasteiger partial charge is 0.385 e. The van der Waals surface area contributed by atoms with Crippen LogP contribution in [0.5, 0.6) is 0 Å². The fraction of sp³-hybridized carbons (Fsp3) is 0.632. The van der Waals surface area contributed by atoms with Crippen LogP contribution in [0.25, 0.3) is 0 Å². The number of rotatable bonds is 5. The number of amides is 2. The van der Waals surface area contributed by atoms with Gasteiger partial charge >= 0.3 is 6.03 Å². The second-order valence-corrected chi connectivity index (χ2v) is 7.36. The van der Waals surface area contributed by atoms with Gasteiger partial charge in [-0.3, -0.25) is 4.68 Å². The molecule has 8 nitrogen and oxygen atoms in total. The van der Waals surface area contributed by atoms with Crippen LogP contribution in [0.3, 0.4) is 0 Å². The van der Waals surface area contributed by atoms with Gasteiger partial charge in [-0.1, -0.05) is 6.92 Å². The number of hydrogen-bond donors (Lipinski definition) is 2. The summed E-state index contributed by atoms with van der Waals surface area (Å²) in [4.78, 5) is 18.8. The maximum Gasteiger partial charge on any atom is 0.321 e. The molecule has 1 fully saturated rings. The Morgan fingerprint density at radius 3 is 2.67 bits per heavy atom. The Hall–Kier alpha value is -2.35. The van der Waals surface area contributed by atoms with E-state index in [1.54, 1.807) is 6.20 Å². The lowest BCUT2D eigenvalue weighted by atomic mass is 9.91. The third-order valence-electron chi connectivity index (χ3n) is 5.45. The molecular weight excluding hydrogens is 344 g/mol. The molecule has 0 bridgehead atoms. The molecule has 0 aromatic carbocycles. The van der Waals surface area contributed by atoms with Crippen LogP contribution in [0.4, 0.5) is 10.5 Å². The number of hydrogen-bond acceptors (Lipinski definition) is 4. The zero-order valence-corrected chi connectivity index (χ0v) is 16.6. The van der Waals surface area contributed by atoms with Crippen molar-refractivity contribution in [2.75, 3.05) is 18.4 Å². The van der Waals surface area contributed by atoms with Gasteiger partial charge in [0.15, 0.2) is 0 Å². The van der Waals surface area contributed by atoms with Crippen molar-refractivity contribution in [2.45, 2.75) is 52.7 Å². The molecule has 1 atom stereocenters. The zero-order chi connectivity index (χ0) is 19.6. The highest BCUT2D eigenvalue weighted by atomic mass is 16.3. The number of urea groups is 1. The third kappa shape index (κ3) is 4.00. The van der Waals surface area contributed by atoms with Crippen molar-refractivity contribution < 1.29 is 9.90 Å². The van der Waals surface area contributed by atoms with Gasteiger partial charge in [-0.15, -0.1) is 0 Å². The highest BCUT2D eigenvalue weighted by Crippen LogP contribution is 2.30. The number of nitrogens with zero attached hydrogens (tertiary/aromatic N) is 5. The minimum Gasteiger partial charge on any atom is -0.385 e. The Kier molecular flexibility index (Phi) is 5.84. The fourth-order valence-corrected chi connectivity index (χ4v) is 3.78. The smallest absolute Gasteiger partial charge is 0.321 e. The number of aromatic nitrogens is 4. The van der Waals surface area contributed by atoms with E-state index in [1.165, 1.54) is 0 Å². The summed E-state index contributed by atoms with van der Waals surface area (Å²) in [5.74, 6) is 0.804. The van der Waals surface area contributed by atoms with Crippen molar-refractivity contribution in [3.8, 4) is 0 Å². The van der Waals surface area contributed by atoms with Crippen LogP contribution in [0.2, 0.25) is 0 Å². The summed E-state index contributed by atoms with van der Waals surface area (Å²) in [6.07, 6.45) is 5.46. The summed E-state index contributed by atoms with van der Waals surface area (Å²) < 4.78 is 3.80. The van der Waals surface area contributed by atoms with Gasteiger partial charge in [-0.05, 0) is 39.0 Å². The number of aryl methyl sites for hydroxylation is 3. The van der Waals surface area contributed by atoms with E-state index in [4.69, 9.17) is 0 Å². The lowest BCUT2D eigenvalue weighted by Gasteiger charge is -2.34. The normalized spacial score (nSPS) is 16.6. The molecule has 3 heterocycles. The summed E-state index contributed by atoms with van der Waals surface area (Å²) in [5.41, 5.74) is 2.64. The molecule has 2 aromatic rings. The van der Waals surface area contributed by atoms with Crippen molar-refractivity contribution in [3.63, 3.8) is 0 Å². The monoisotopic (exact) mass is 374 g/mol. The van der Waals surface area contributed by atoms with E-state index in [-0.39, 0.29) is 11.9 Å². The summed E-state index contributed by atoms with van der Waals surface area (Å²) in [7, 11) is 1.89. The van der Waals surface area contributed by atoms with Crippen molar-refractivity contribution in [1.82, 2.24) is 24.2 Å². The van der Waals surface area contributed by atoms with E-state index < -0.39 is 6.10 Å². The van der Waals surface area contributed by atoms with Gasteiger partial charge in [-0.25, -0.2) is 9.78 Å². The van der Waals surface area contributed by atoms with Gasteiger partial charge in [-0.2, -0.15) is 5.10 Å². The molecule has 3 rings (SSSR count). The lowest BCUT2D eigenvalue weighted by molar-refractivity contribution is 0.0599. The molecule has 0 saturated carbocycles. The molecule has 2 N–H and O–H groups in total. The van der Waals surface area contributed by atoms with Crippen LogP contribution in [-0.2, 0) is 13.6 Å². The number of carbonyl (C=O) groups is 1. The maximum atomic E-state index is 12.7. The van der Waals surface area contributed by atoms with E-state index in [0.717, 1.165) is 42.9 Å². The first kappa shape index (κ1) is 19.4. The van der Waals surface area contributed by atoms with E-state index >= 15 is 0 Å². The summed E-state index contributed by atoms with van der Waals surface area (Å²) in [6, 6.07) is -0.0952. The molecule has 27 heavy (non-hydrogen) atoms. The number of nitrogens with one attached hydrogen (secondary N) is 1. The number of anilines is 1. The first-order chi connectivity index (χ1) is 12.9. The summed E-state index contributed by atoms with van der Waals surface area (Å²) >= 11 is 0. The molecule has 0 radical (unpaired) electrons. The Morgan fingerprint density at radius 2 is 2.07 bits per heavy atom. The van der Waals surface area contributed by atoms with Crippen molar-refractivity contribution >= 4 is 11.7 Å². The number of imidazole rings is 1. The molecule has 2 aromatic heterocycles. The van der Waals surface area contributed by atoms with Gasteiger partial charge in [0.1, 0.15) is 11.9 Å². The van der Waals surface area contributed by atoms with Gasteiger partial charge in [0.2, 0.25) is 0 Å². The van der Waals surface area contributed by atoms with Gasteiger partial charge in [0.05, 0.1) is 17.1 Å². The van der Waals surface area contributed by atoms with Crippen LogP contribution in [-0.4, -0.2) is 48.5 Å². The quantitative estimate of drug-likeness (QED) is 0.842. The second kappa shape index (κ2) is 8.12. The Morgan fingerprint density at radius 1 is 1.37 bits per heavy atom. The minimum atomic E-state index is -0.591. The molecule has 148 valence electrons. The van der Waals surface area contributed by atoms with Gasteiger partial charge in [0.25, 0.3) is 0 Å². The zero-order valence-electron chi connectivity index (χ0n) is 16.6. The van der Waals surface area contributed by atoms with Gasteiger partial charge < -0.3 is 19.9 Å². The first-order valence-electron chi connectivity index (χ1n) is 9.67. The number of aliphatic hydroxyl groups excluding tert-OH is 1. The van der Waals surface area contributed by atoms with Crippen LogP contribution in [0, 0.1) is 19.8 Å². The Bertz CT molecular complexity index is 788. The standard InChI is InChI=1S/C19H30N6O2/c1-5-9-25-14(3)16(13(2)22-25)21-19(27)24-10-6-15(7-11-24)17(26)18-20-8-12-23(18)4/h8,12,15,17,26H,5-7,9-11H2,1-4H3,(H,21,27)/t17-/m0/s1.